The molecule has 1 aliphatic rings. The van der Waals surface area contributed by atoms with Crippen LogP contribution in [0.1, 0.15) is 93.7 Å². The second-order valence-electron chi connectivity index (χ2n) is 8.97. The molecule has 3 rings (SSSR count). The van der Waals surface area contributed by atoms with E-state index in [-0.39, 0.29) is 5.41 Å². The van der Waals surface area contributed by atoms with Crippen LogP contribution in [-0.4, -0.2) is 10.2 Å². The third-order valence-corrected chi connectivity index (χ3v) is 7.29. The summed E-state index contributed by atoms with van der Waals surface area (Å²) in [6.07, 6.45) is 8.06. The molecule has 0 radical (unpaired) electrons. The average Bonchev–Trinajstić information content (AvgIpc) is 2.75. The van der Waals surface area contributed by atoms with Gasteiger partial charge in [0.1, 0.15) is 11.5 Å². The smallest absolute Gasteiger partial charge is 0.121 e. The molecule has 2 heteroatoms. The van der Waals surface area contributed by atoms with Gasteiger partial charge in [0.15, 0.2) is 0 Å². The Hall–Kier alpha value is -1.96. The van der Waals surface area contributed by atoms with Crippen LogP contribution in [0.2, 0.25) is 0 Å². The van der Waals surface area contributed by atoms with Crippen LogP contribution in [0.25, 0.3) is 0 Å². The maximum atomic E-state index is 10.7. The summed E-state index contributed by atoms with van der Waals surface area (Å²) in [6, 6.07) is 9.03. The van der Waals surface area contributed by atoms with Crippen LogP contribution < -0.4 is 0 Å². The van der Waals surface area contributed by atoms with Gasteiger partial charge in [0.25, 0.3) is 0 Å². The second kappa shape index (κ2) is 8.81. The van der Waals surface area contributed by atoms with Gasteiger partial charge in [0.05, 0.1) is 0 Å². The summed E-state index contributed by atoms with van der Waals surface area (Å²) in [5, 5.41) is 21.4. The van der Waals surface area contributed by atoms with Gasteiger partial charge in [-0.2, -0.15) is 0 Å². The number of phenols is 2. The first-order chi connectivity index (χ1) is 13.9. The minimum Gasteiger partial charge on any atom is -0.507 e. The highest BCUT2D eigenvalue weighted by atomic mass is 16.3. The number of benzene rings is 2. The van der Waals surface area contributed by atoms with E-state index < -0.39 is 0 Å². The Morgan fingerprint density at radius 2 is 1.00 bits per heavy atom. The Kier molecular flexibility index (Phi) is 6.61. The van der Waals surface area contributed by atoms with E-state index in [1.807, 2.05) is 0 Å². The Balaban J connectivity index is 2.26. The molecule has 1 fully saturated rings. The van der Waals surface area contributed by atoms with Crippen LogP contribution in [0.3, 0.4) is 0 Å². The van der Waals surface area contributed by atoms with Crippen molar-refractivity contribution in [1.82, 2.24) is 0 Å². The predicted octanol–water partition coefficient (Wildman–Crippen LogP) is 6.84. The van der Waals surface area contributed by atoms with Gasteiger partial charge in [-0.1, -0.05) is 58.9 Å². The summed E-state index contributed by atoms with van der Waals surface area (Å²) < 4.78 is 0. The van der Waals surface area contributed by atoms with Gasteiger partial charge in [0.2, 0.25) is 0 Å². The molecule has 29 heavy (non-hydrogen) atoms. The molecule has 1 aliphatic carbocycles. The molecule has 0 aromatic heterocycles. The molecule has 0 atom stereocenters. The molecule has 0 heterocycles. The summed E-state index contributed by atoms with van der Waals surface area (Å²) in [4.78, 5) is 0. The zero-order chi connectivity index (χ0) is 21.2. The van der Waals surface area contributed by atoms with Gasteiger partial charge in [-0.05, 0) is 90.7 Å². The van der Waals surface area contributed by atoms with Gasteiger partial charge < -0.3 is 10.2 Å². The van der Waals surface area contributed by atoms with Gasteiger partial charge >= 0.3 is 0 Å². The van der Waals surface area contributed by atoms with Gasteiger partial charge in [-0.25, -0.2) is 0 Å². The lowest BCUT2D eigenvalue weighted by Gasteiger charge is -2.42. The van der Waals surface area contributed by atoms with E-state index in [1.54, 1.807) is 0 Å². The molecule has 0 saturated heterocycles. The Morgan fingerprint density at radius 3 is 1.28 bits per heavy atom. The first-order valence-electron chi connectivity index (χ1n) is 11.6. The van der Waals surface area contributed by atoms with Crippen molar-refractivity contribution in [2.45, 2.75) is 91.4 Å². The van der Waals surface area contributed by atoms with E-state index in [2.05, 4.69) is 58.9 Å². The van der Waals surface area contributed by atoms with Crippen LogP contribution in [0.4, 0.5) is 0 Å². The molecule has 2 N–H and O–H groups in total. The molecule has 0 aliphatic heterocycles. The monoisotopic (exact) mass is 394 g/mol. The maximum absolute atomic E-state index is 10.7. The predicted molar refractivity (Wildman–Crippen MR) is 122 cm³/mol. The molecule has 2 aromatic carbocycles. The lowest BCUT2D eigenvalue weighted by molar-refractivity contribution is 0.279. The van der Waals surface area contributed by atoms with Crippen molar-refractivity contribution in [3.05, 3.63) is 57.6 Å². The third kappa shape index (κ3) is 3.91. The average molecular weight is 395 g/mol. The lowest BCUT2D eigenvalue weighted by Crippen LogP contribution is -2.33. The number of rotatable bonds is 6. The largest absolute Gasteiger partial charge is 0.507 e. The Morgan fingerprint density at radius 1 is 0.690 bits per heavy atom. The molecule has 0 unspecified atom stereocenters. The van der Waals surface area contributed by atoms with Crippen LogP contribution in [0, 0.1) is 5.92 Å². The molecule has 2 nitrogen and oxygen atoms in total. The van der Waals surface area contributed by atoms with Crippen molar-refractivity contribution in [1.29, 1.82) is 0 Å². The maximum Gasteiger partial charge on any atom is 0.121 e. The Bertz CT molecular complexity index is 743. The molecule has 0 bridgehead atoms. The van der Waals surface area contributed by atoms with Crippen molar-refractivity contribution in [2.75, 3.05) is 0 Å². The topological polar surface area (TPSA) is 40.5 Å². The molecule has 158 valence electrons. The van der Waals surface area contributed by atoms with Crippen LogP contribution >= 0.6 is 0 Å². The first-order valence-corrected chi connectivity index (χ1v) is 11.6. The van der Waals surface area contributed by atoms with Crippen molar-refractivity contribution in [3.8, 4) is 11.5 Å². The van der Waals surface area contributed by atoms with E-state index >= 15 is 0 Å². The summed E-state index contributed by atoms with van der Waals surface area (Å²) >= 11 is 0. The second-order valence-corrected chi connectivity index (χ2v) is 8.97. The van der Waals surface area contributed by atoms with Crippen molar-refractivity contribution in [2.24, 2.45) is 5.92 Å². The third-order valence-electron chi connectivity index (χ3n) is 7.29. The summed E-state index contributed by atoms with van der Waals surface area (Å²) in [5.41, 5.74) is 6.90. The SMILES string of the molecule is CCc1cc(C2(c3cc(CC)c(O)c(CC)c3)CCC(C)CC2)cc(CC)c1O. The van der Waals surface area contributed by atoms with Crippen molar-refractivity contribution < 1.29 is 10.2 Å². The standard InChI is InChI=1S/C27H38O2/c1-6-19-14-23(15-20(7-2)25(19)28)27(12-10-18(5)11-13-27)24-16-21(8-3)26(29)22(9-4)17-24/h14-18,28-29H,6-13H2,1-5H3. The molecular formula is C27H38O2. The minimum atomic E-state index is -0.0322. The fraction of sp³-hybridized carbons (Fsp3) is 0.556. The van der Waals surface area contributed by atoms with Crippen molar-refractivity contribution in [3.63, 3.8) is 0 Å². The number of hydrogen-bond donors (Lipinski definition) is 2. The number of aryl methyl sites for hydroxylation is 4. The first kappa shape index (κ1) is 21.7. The van der Waals surface area contributed by atoms with Gasteiger partial charge in [-0.15, -0.1) is 0 Å². The highest BCUT2D eigenvalue weighted by Gasteiger charge is 2.39. The molecule has 0 spiro atoms. The van der Waals surface area contributed by atoms with E-state index in [0.29, 0.717) is 11.5 Å². The van der Waals surface area contributed by atoms with Crippen LogP contribution in [0.15, 0.2) is 24.3 Å². The van der Waals surface area contributed by atoms with Crippen LogP contribution in [0.5, 0.6) is 11.5 Å². The summed E-state index contributed by atoms with van der Waals surface area (Å²) in [5.74, 6) is 1.71. The van der Waals surface area contributed by atoms with Crippen LogP contribution in [-0.2, 0) is 31.1 Å². The molecule has 1 saturated carbocycles. The van der Waals surface area contributed by atoms with E-state index in [1.165, 1.54) is 24.0 Å². The zero-order valence-corrected chi connectivity index (χ0v) is 18.9. The van der Waals surface area contributed by atoms with E-state index in [4.69, 9.17) is 0 Å². The van der Waals surface area contributed by atoms with E-state index in [0.717, 1.165) is 66.7 Å². The zero-order valence-electron chi connectivity index (χ0n) is 18.9. The fourth-order valence-electron chi connectivity index (χ4n) is 5.15. The Labute approximate surface area is 177 Å². The van der Waals surface area contributed by atoms with Crippen molar-refractivity contribution >= 4 is 0 Å². The molecular weight excluding hydrogens is 356 g/mol. The fourth-order valence-corrected chi connectivity index (χ4v) is 5.15. The lowest BCUT2D eigenvalue weighted by atomic mass is 9.62. The minimum absolute atomic E-state index is 0.0322. The number of phenolic OH excluding ortho intramolecular Hbond substituents is 2. The number of hydrogen-bond acceptors (Lipinski definition) is 2. The summed E-state index contributed by atoms with van der Waals surface area (Å²) in [6.45, 7) is 10.9. The molecule has 2 aromatic rings. The van der Waals surface area contributed by atoms with E-state index in [9.17, 15) is 10.2 Å². The van der Waals surface area contributed by atoms with Gasteiger partial charge in [-0.3, -0.25) is 0 Å². The highest BCUT2D eigenvalue weighted by molar-refractivity contribution is 5.53. The van der Waals surface area contributed by atoms with Gasteiger partial charge in [0, 0.05) is 5.41 Å². The number of aromatic hydroxyl groups is 2. The highest BCUT2D eigenvalue weighted by Crippen LogP contribution is 2.49. The quantitative estimate of drug-likeness (QED) is 0.563. The summed E-state index contributed by atoms with van der Waals surface area (Å²) in [7, 11) is 0. The normalized spacial score (nSPS) is 16.9. The molecule has 0 amide bonds.